The van der Waals surface area contributed by atoms with Crippen molar-refractivity contribution in [1.29, 1.82) is 0 Å². The van der Waals surface area contributed by atoms with E-state index in [1.54, 1.807) is 18.2 Å². The van der Waals surface area contributed by atoms with Gasteiger partial charge in [0.2, 0.25) is 5.91 Å². The number of anilines is 1. The molecule has 0 atom stereocenters. The Hall–Kier alpha value is -2.30. The molecular formula is C17H12Cl3F4N5O. The Labute approximate surface area is 182 Å². The number of benzene rings is 1. The molecule has 3 aromatic rings. The molecule has 3 rings (SSSR count). The lowest BCUT2D eigenvalue weighted by atomic mass is 10.2. The summed E-state index contributed by atoms with van der Waals surface area (Å²) in [5, 5.41) is 10.7. The van der Waals surface area contributed by atoms with Gasteiger partial charge in [-0.25, -0.2) is 17.6 Å². The predicted octanol–water partition coefficient (Wildman–Crippen LogP) is 5.60. The van der Waals surface area contributed by atoms with Crippen molar-refractivity contribution in [3.05, 3.63) is 62.5 Å². The summed E-state index contributed by atoms with van der Waals surface area (Å²) >= 11 is 18.3. The molecule has 0 aliphatic carbocycles. The van der Waals surface area contributed by atoms with E-state index in [0.29, 0.717) is 26.4 Å². The van der Waals surface area contributed by atoms with Crippen LogP contribution in [-0.4, -0.2) is 25.5 Å². The molecule has 0 saturated heterocycles. The minimum Gasteiger partial charge on any atom is -0.306 e. The first-order chi connectivity index (χ1) is 14.2. The van der Waals surface area contributed by atoms with E-state index in [2.05, 4.69) is 15.5 Å². The van der Waals surface area contributed by atoms with Crippen LogP contribution < -0.4 is 5.32 Å². The van der Waals surface area contributed by atoms with Crippen molar-refractivity contribution in [3.63, 3.8) is 0 Å². The Morgan fingerprint density at radius 3 is 2.30 bits per heavy atom. The number of hydrogen-bond donors (Lipinski definition) is 1. The van der Waals surface area contributed by atoms with Crippen LogP contribution >= 0.6 is 34.8 Å². The molecule has 0 aliphatic rings. The fourth-order valence-corrected chi connectivity index (χ4v) is 3.29. The molecule has 0 bridgehead atoms. The van der Waals surface area contributed by atoms with Gasteiger partial charge in [-0.2, -0.15) is 10.2 Å². The van der Waals surface area contributed by atoms with E-state index < -0.39 is 36.7 Å². The Kier molecular flexibility index (Phi) is 6.89. The molecule has 0 saturated carbocycles. The number of nitrogens with one attached hydrogen (secondary N) is 1. The van der Waals surface area contributed by atoms with Crippen LogP contribution in [0.15, 0.2) is 30.5 Å². The fourth-order valence-electron chi connectivity index (χ4n) is 2.58. The molecule has 6 nitrogen and oxygen atoms in total. The molecular weight excluding hydrogens is 473 g/mol. The van der Waals surface area contributed by atoms with Crippen molar-refractivity contribution in [1.82, 2.24) is 19.6 Å². The third-order valence-corrected chi connectivity index (χ3v) is 4.91. The molecule has 2 heterocycles. The fraction of sp³-hybridized carbons (Fsp3) is 0.235. The number of alkyl halides is 4. The summed E-state index contributed by atoms with van der Waals surface area (Å²) in [5.41, 5.74) is -1.07. The third kappa shape index (κ3) is 5.05. The Balaban J connectivity index is 1.74. The van der Waals surface area contributed by atoms with Gasteiger partial charge >= 0.3 is 0 Å². The van der Waals surface area contributed by atoms with Crippen molar-refractivity contribution < 1.29 is 22.4 Å². The van der Waals surface area contributed by atoms with Crippen LogP contribution in [0.1, 0.15) is 29.8 Å². The molecule has 0 spiro atoms. The minimum absolute atomic E-state index is 0.0512. The van der Waals surface area contributed by atoms with Gasteiger partial charge in [-0.15, -0.1) is 0 Å². The number of hydrogen-bond acceptors (Lipinski definition) is 3. The molecule has 2 aromatic heterocycles. The Morgan fingerprint density at radius 1 is 1.03 bits per heavy atom. The van der Waals surface area contributed by atoms with E-state index in [4.69, 9.17) is 34.8 Å². The SMILES string of the molecule is O=C(Cn1nc(C(F)F)cc1C(F)F)Nc1nn(Cc2c(Cl)cccc2Cl)cc1Cl. The van der Waals surface area contributed by atoms with Crippen LogP contribution in [-0.2, 0) is 17.9 Å². The predicted molar refractivity (Wildman–Crippen MR) is 104 cm³/mol. The number of rotatable bonds is 7. The van der Waals surface area contributed by atoms with Gasteiger partial charge in [0.1, 0.15) is 23.0 Å². The number of nitrogens with zero attached hydrogens (tertiary/aromatic N) is 4. The molecule has 0 fully saturated rings. The van der Waals surface area contributed by atoms with Gasteiger partial charge in [0, 0.05) is 21.8 Å². The average Bonchev–Trinajstić information content (AvgIpc) is 3.22. The lowest BCUT2D eigenvalue weighted by Crippen LogP contribution is -2.21. The van der Waals surface area contributed by atoms with E-state index in [9.17, 15) is 22.4 Å². The molecule has 1 aromatic carbocycles. The van der Waals surface area contributed by atoms with Crippen molar-refractivity contribution in [2.45, 2.75) is 25.9 Å². The Morgan fingerprint density at radius 2 is 1.70 bits per heavy atom. The highest BCUT2D eigenvalue weighted by molar-refractivity contribution is 6.36. The van der Waals surface area contributed by atoms with Crippen molar-refractivity contribution in [3.8, 4) is 0 Å². The smallest absolute Gasteiger partial charge is 0.282 e. The standard InChI is InChI=1S/C17H12Cl3F4N5O/c18-9-2-1-3-10(19)8(9)5-28-6-11(20)17(27-28)25-14(30)7-29-13(16(23)24)4-12(26-29)15(21)22/h1-4,6,15-16H,5,7H2,(H,25,27,30). The molecule has 0 aliphatic heterocycles. The highest BCUT2D eigenvalue weighted by Gasteiger charge is 2.23. The first kappa shape index (κ1) is 22.4. The molecule has 0 unspecified atom stereocenters. The zero-order valence-corrected chi connectivity index (χ0v) is 17.1. The summed E-state index contributed by atoms with van der Waals surface area (Å²) in [5.74, 6) is -0.881. The van der Waals surface area contributed by atoms with Gasteiger partial charge in [0.15, 0.2) is 5.82 Å². The lowest BCUT2D eigenvalue weighted by Gasteiger charge is -2.08. The van der Waals surface area contributed by atoms with Crippen LogP contribution in [0, 0.1) is 0 Å². The number of aromatic nitrogens is 4. The molecule has 1 N–H and O–H groups in total. The quantitative estimate of drug-likeness (QED) is 0.444. The molecule has 30 heavy (non-hydrogen) atoms. The Bertz CT molecular complexity index is 1050. The van der Waals surface area contributed by atoms with Gasteiger partial charge in [-0.3, -0.25) is 14.2 Å². The second-order valence-electron chi connectivity index (χ2n) is 6.02. The average molecular weight is 485 g/mol. The second-order valence-corrected chi connectivity index (χ2v) is 7.25. The van der Waals surface area contributed by atoms with Crippen LogP contribution in [0.4, 0.5) is 23.4 Å². The van der Waals surface area contributed by atoms with Crippen molar-refractivity contribution in [2.75, 3.05) is 5.32 Å². The van der Waals surface area contributed by atoms with Crippen LogP contribution in [0.2, 0.25) is 15.1 Å². The van der Waals surface area contributed by atoms with Gasteiger partial charge in [-0.1, -0.05) is 40.9 Å². The van der Waals surface area contributed by atoms with E-state index in [0.717, 1.165) is 0 Å². The maximum Gasteiger partial charge on any atom is 0.282 e. The lowest BCUT2D eigenvalue weighted by molar-refractivity contribution is -0.117. The number of halogens is 7. The molecule has 1 amide bonds. The highest BCUT2D eigenvalue weighted by atomic mass is 35.5. The summed E-state index contributed by atoms with van der Waals surface area (Å²) < 4.78 is 53.4. The van der Waals surface area contributed by atoms with E-state index in [-0.39, 0.29) is 17.4 Å². The van der Waals surface area contributed by atoms with Crippen molar-refractivity contribution >= 4 is 46.5 Å². The summed E-state index contributed by atoms with van der Waals surface area (Å²) in [6, 6.07) is 5.53. The highest BCUT2D eigenvalue weighted by Crippen LogP contribution is 2.27. The topological polar surface area (TPSA) is 64.7 Å². The van der Waals surface area contributed by atoms with E-state index in [1.807, 2.05) is 0 Å². The first-order valence-corrected chi connectivity index (χ1v) is 9.38. The van der Waals surface area contributed by atoms with Crippen LogP contribution in [0.5, 0.6) is 0 Å². The zero-order valence-electron chi connectivity index (χ0n) is 14.8. The maximum absolute atomic E-state index is 13.0. The monoisotopic (exact) mass is 483 g/mol. The molecule has 0 radical (unpaired) electrons. The number of amides is 1. The van der Waals surface area contributed by atoms with Gasteiger partial charge < -0.3 is 5.32 Å². The molecule has 13 heteroatoms. The van der Waals surface area contributed by atoms with Crippen LogP contribution in [0.3, 0.4) is 0 Å². The third-order valence-electron chi connectivity index (χ3n) is 3.93. The van der Waals surface area contributed by atoms with Crippen LogP contribution in [0.25, 0.3) is 0 Å². The number of carbonyl (C=O) groups is 1. The summed E-state index contributed by atoms with van der Waals surface area (Å²) in [7, 11) is 0. The summed E-state index contributed by atoms with van der Waals surface area (Å²) in [6.45, 7) is -0.577. The van der Waals surface area contributed by atoms with Gasteiger partial charge in [-0.05, 0) is 18.2 Å². The zero-order chi connectivity index (χ0) is 22.0. The van der Waals surface area contributed by atoms with Crippen molar-refractivity contribution in [2.24, 2.45) is 0 Å². The van der Waals surface area contributed by atoms with E-state index >= 15 is 0 Å². The van der Waals surface area contributed by atoms with Gasteiger partial charge in [0.25, 0.3) is 12.9 Å². The van der Waals surface area contributed by atoms with E-state index in [1.165, 1.54) is 10.9 Å². The largest absolute Gasteiger partial charge is 0.306 e. The second kappa shape index (κ2) is 9.23. The normalized spacial score (nSPS) is 11.5. The maximum atomic E-state index is 13.0. The number of carbonyl (C=O) groups excluding carboxylic acids is 1. The van der Waals surface area contributed by atoms with Gasteiger partial charge in [0.05, 0.1) is 6.54 Å². The summed E-state index contributed by atoms with van der Waals surface area (Å²) in [6.07, 6.45) is -4.72. The minimum atomic E-state index is -3.08. The summed E-state index contributed by atoms with van der Waals surface area (Å²) in [4.78, 5) is 12.2. The first-order valence-electron chi connectivity index (χ1n) is 8.25. The molecule has 160 valence electrons.